The number of rotatable bonds is 9. The molecule has 1 atom stereocenters. The van der Waals surface area contributed by atoms with Crippen LogP contribution in [0, 0.1) is 0 Å². The maximum absolute atomic E-state index is 11.3. The lowest BCUT2D eigenvalue weighted by Crippen LogP contribution is -2.57. The zero-order chi connectivity index (χ0) is 15.0. The van der Waals surface area contributed by atoms with Gasteiger partial charge in [-0.25, -0.2) is 4.79 Å². The Labute approximate surface area is 123 Å². The van der Waals surface area contributed by atoms with E-state index in [9.17, 15) is 4.79 Å². The van der Waals surface area contributed by atoms with Gasteiger partial charge >= 0.3 is 6.09 Å². The lowest BCUT2D eigenvalue weighted by Gasteiger charge is -2.43. The largest absolute Gasteiger partial charge is 0.453 e. The number of hydrogen-bond acceptors (Lipinski definition) is 3. The van der Waals surface area contributed by atoms with Gasteiger partial charge in [0.25, 0.3) is 0 Å². The fourth-order valence-electron chi connectivity index (χ4n) is 2.74. The van der Waals surface area contributed by atoms with Crippen molar-refractivity contribution in [2.45, 2.75) is 77.4 Å². The highest BCUT2D eigenvalue weighted by molar-refractivity contribution is 5.68. The van der Waals surface area contributed by atoms with E-state index < -0.39 is 0 Å². The molecule has 0 aromatic rings. The first-order valence-electron chi connectivity index (χ1n) is 8.05. The van der Waals surface area contributed by atoms with Gasteiger partial charge < -0.3 is 14.4 Å². The Morgan fingerprint density at radius 1 is 1.15 bits per heavy atom. The molecule has 4 nitrogen and oxygen atoms in total. The molecule has 1 fully saturated rings. The van der Waals surface area contributed by atoms with E-state index in [0.717, 1.165) is 12.8 Å². The minimum Gasteiger partial charge on any atom is -0.453 e. The number of carbonyl (C=O) groups excluding carboxylic acids is 1. The highest BCUT2D eigenvalue weighted by Crippen LogP contribution is 2.29. The van der Waals surface area contributed by atoms with E-state index in [4.69, 9.17) is 9.47 Å². The molecule has 0 aromatic heterocycles. The zero-order valence-electron chi connectivity index (χ0n) is 13.6. The van der Waals surface area contributed by atoms with Crippen molar-refractivity contribution in [1.29, 1.82) is 0 Å². The van der Waals surface area contributed by atoms with Gasteiger partial charge in [-0.3, -0.25) is 0 Å². The number of hydrogen-bond donors (Lipinski definition) is 0. The van der Waals surface area contributed by atoms with E-state index in [1.807, 2.05) is 0 Å². The molecule has 0 saturated carbocycles. The van der Waals surface area contributed by atoms with Crippen LogP contribution in [0.1, 0.15) is 65.7 Å². The van der Waals surface area contributed by atoms with Crippen LogP contribution < -0.4 is 0 Å². The Morgan fingerprint density at radius 3 is 2.30 bits per heavy atom. The predicted octanol–water partition coefficient (Wildman–Crippen LogP) is 3.98. The molecular weight excluding hydrogens is 254 g/mol. The van der Waals surface area contributed by atoms with Crippen molar-refractivity contribution in [2.75, 3.05) is 20.2 Å². The second kappa shape index (κ2) is 8.50. The van der Waals surface area contributed by atoms with E-state index in [0.29, 0.717) is 13.1 Å². The highest BCUT2D eigenvalue weighted by atomic mass is 16.6. The summed E-state index contributed by atoms with van der Waals surface area (Å²) in [4.78, 5) is 13.0. The number of methoxy groups -OCH3 is 1. The number of likely N-dealkylation sites (tertiary alicyclic amines) is 1. The molecule has 20 heavy (non-hydrogen) atoms. The summed E-state index contributed by atoms with van der Waals surface area (Å²) in [6.07, 6.45) is 8.31. The van der Waals surface area contributed by atoms with E-state index >= 15 is 0 Å². The first-order chi connectivity index (χ1) is 9.54. The van der Waals surface area contributed by atoms with Gasteiger partial charge in [0.15, 0.2) is 0 Å². The standard InChI is InChI=1S/C16H31NO3/c1-5-7-9-11-16(3,10-8-6-2)20-14-12-17(13-14)15(18)19-4/h14H,5-13H2,1-4H3. The van der Waals surface area contributed by atoms with Gasteiger partial charge in [0.2, 0.25) is 0 Å². The minimum atomic E-state index is -0.244. The topological polar surface area (TPSA) is 38.8 Å². The SMILES string of the molecule is CCCCCC(C)(CCCC)OC1CN(C(=O)OC)C1. The quantitative estimate of drug-likeness (QED) is 0.601. The highest BCUT2D eigenvalue weighted by Gasteiger charge is 2.37. The predicted molar refractivity (Wildman–Crippen MR) is 80.9 cm³/mol. The third kappa shape index (κ3) is 5.31. The van der Waals surface area contributed by atoms with Gasteiger partial charge in [-0.2, -0.15) is 0 Å². The molecular formula is C16H31NO3. The van der Waals surface area contributed by atoms with E-state index in [1.165, 1.54) is 39.2 Å². The fourth-order valence-corrected chi connectivity index (χ4v) is 2.74. The number of amides is 1. The van der Waals surface area contributed by atoms with Crippen LogP contribution in [0.2, 0.25) is 0 Å². The summed E-state index contributed by atoms with van der Waals surface area (Å²) in [5.74, 6) is 0. The summed E-state index contributed by atoms with van der Waals surface area (Å²) in [6.45, 7) is 8.02. The second-order valence-corrected chi connectivity index (χ2v) is 6.13. The average Bonchev–Trinajstić information content (AvgIpc) is 2.40. The van der Waals surface area contributed by atoms with Crippen LogP contribution >= 0.6 is 0 Å². The van der Waals surface area contributed by atoms with E-state index in [-0.39, 0.29) is 17.8 Å². The molecule has 1 aliphatic rings. The lowest BCUT2D eigenvalue weighted by atomic mass is 9.91. The van der Waals surface area contributed by atoms with Crippen molar-refractivity contribution in [3.05, 3.63) is 0 Å². The Balaban J connectivity index is 2.39. The van der Waals surface area contributed by atoms with Gasteiger partial charge in [-0.1, -0.05) is 46.0 Å². The molecule has 0 aromatic carbocycles. The van der Waals surface area contributed by atoms with Crippen LogP contribution in [0.4, 0.5) is 4.79 Å². The number of nitrogens with zero attached hydrogens (tertiary/aromatic N) is 1. The summed E-state index contributed by atoms with van der Waals surface area (Å²) in [6, 6.07) is 0. The molecule has 1 saturated heterocycles. The third-order valence-electron chi connectivity index (χ3n) is 4.10. The second-order valence-electron chi connectivity index (χ2n) is 6.13. The maximum atomic E-state index is 11.3. The Morgan fingerprint density at radius 2 is 1.75 bits per heavy atom. The van der Waals surface area contributed by atoms with Crippen molar-refractivity contribution in [2.24, 2.45) is 0 Å². The van der Waals surface area contributed by atoms with Gasteiger partial charge in [0, 0.05) is 0 Å². The van der Waals surface area contributed by atoms with Crippen LogP contribution in [-0.2, 0) is 9.47 Å². The molecule has 118 valence electrons. The van der Waals surface area contributed by atoms with Crippen molar-refractivity contribution in [1.82, 2.24) is 4.90 Å². The van der Waals surface area contributed by atoms with Crippen molar-refractivity contribution in [3.8, 4) is 0 Å². The molecule has 1 amide bonds. The minimum absolute atomic E-state index is 0.0297. The molecule has 0 radical (unpaired) electrons. The molecule has 1 aliphatic heterocycles. The number of carbonyl (C=O) groups is 1. The van der Waals surface area contributed by atoms with E-state index in [1.54, 1.807) is 4.90 Å². The summed E-state index contributed by atoms with van der Waals surface area (Å²) >= 11 is 0. The fraction of sp³-hybridized carbons (Fsp3) is 0.938. The Kier molecular flexibility index (Phi) is 7.35. The molecule has 1 rings (SSSR count). The summed E-state index contributed by atoms with van der Waals surface area (Å²) in [5, 5.41) is 0. The number of ether oxygens (including phenoxy) is 2. The molecule has 1 heterocycles. The molecule has 0 spiro atoms. The van der Waals surface area contributed by atoms with Crippen LogP contribution in [-0.4, -0.2) is 42.9 Å². The molecule has 0 aliphatic carbocycles. The van der Waals surface area contributed by atoms with Crippen molar-refractivity contribution in [3.63, 3.8) is 0 Å². The van der Waals surface area contributed by atoms with Gasteiger partial charge in [0.1, 0.15) is 0 Å². The molecule has 0 bridgehead atoms. The lowest BCUT2D eigenvalue weighted by molar-refractivity contribution is -0.140. The summed E-state index contributed by atoms with van der Waals surface area (Å²) in [5.41, 5.74) is -0.0297. The van der Waals surface area contributed by atoms with Crippen molar-refractivity contribution >= 4 is 6.09 Å². The van der Waals surface area contributed by atoms with Crippen molar-refractivity contribution < 1.29 is 14.3 Å². The van der Waals surface area contributed by atoms with Gasteiger partial charge in [-0.15, -0.1) is 0 Å². The molecule has 0 N–H and O–H groups in total. The van der Waals surface area contributed by atoms with Crippen LogP contribution in [0.5, 0.6) is 0 Å². The monoisotopic (exact) mass is 285 g/mol. The summed E-state index contributed by atoms with van der Waals surface area (Å²) < 4.78 is 11.0. The maximum Gasteiger partial charge on any atom is 0.409 e. The Bertz CT molecular complexity index is 289. The smallest absolute Gasteiger partial charge is 0.409 e. The summed E-state index contributed by atoms with van der Waals surface area (Å²) in [7, 11) is 1.42. The van der Waals surface area contributed by atoms with Gasteiger partial charge in [0.05, 0.1) is 31.9 Å². The van der Waals surface area contributed by atoms with Crippen LogP contribution in [0.15, 0.2) is 0 Å². The van der Waals surface area contributed by atoms with Crippen LogP contribution in [0.3, 0.4) is 0 Å². The number of unbranched alkanes of at least 4 members (excludes halogenated alkanes) is 3. The molecule has 1 unspecified atom stereocenters. The third-order valence-corrected chi connectivity index (χ3v) is 4.10. The van der Waals surface area contributed by atoms with Crippen LogP contribution in [0.25, 0.3) is 0 Å². The first kappa shape index (κ1) is 17.3. The van der Waals surface area contributed by atoms with Gasteiger partial charge in [-0.05, 0) is 19.8 Å². The zero-order valence-corrected chi connectivity index (χ0v) is 13.6. The van der Waals surface area contributed by atoms with E-state index in [2.05, 4.69) is 20.8 Å². The normalized spacial score (nSPS) is 18.5. The molecule has 4 heteroatoms. The first-order valence-corrected chi connectivity index (χ1v) is 8.05. The Hall–Kier alpha value is -0.770. The average molecular weight is 285 g/mol.